The highest BCUT2D eigenvalue weighted by molar-refractivity contribution is 5.94. The number of rotatable bonds is 6. The highest BCUT2D eigenvalue weighted by atomic mass is 16.5. The van der Waals surface area contributed by atoms with Crippen LogP contribution in [0.5, 0.6) is 5.75 Å². The van der Waals surface area contributed by atoms with Gasteiger partial charge in [-0.2, -0.15) is 5.10 Å². The van der Waals surface area contributed by atoms with E-state index < -0.39 is 0 Å². The monoisotopic (exact) mass is 348 g/mol. The number of hydrogen-bond acceptors (Lipinski definition) is 4. The molecule has 6 heteroatoms. The van der Waals surface area contributed by atoms with Crippen LogP contribution in [-0.4, -0.2) is 33.8 Å². The van der Waals surface area contributed by atoms with Gasteiger partial charge in [0.2, 0.25) is 0 Å². The Morgan fingerprint density at radius 1 is 1.23 bits per heavy atom. The summed E-state index contributed by atoms with van der Waals surface area (Å²) < 4.78 is 7.16. The molecular formula is C20H20N4O2. The van der Waals surface area contributed by atoms with Crippen molar-refractivity contribution in [2.45, 2.75) is 24.9 Å². The predicted molar refractivity (Wildman–Crippen MR) is 97.2 cm³/mol. The van der Waals surface area contributed by atoms with Crippen LogP contribution < -0.4 is 10.1 Å². The first-order chi connectivity index (χ1) is 12.7. The largest absolute Gasteiger partial charge is 0.496 e. The molecule has 0 aliphatic heterocycles. The smallest absolute Gasteiger partial charge is 0.251 e. The molecule has 0 radical (unpaired) electrons. The van der Waals surface area contributed by atoms with Gasteiger partial charge in [0.25, 0.3) is 5.91 Å². The van der Waals surface area contributed by atoms with Crippen molar-refractivity contribution in [1.29, 1.82) is 0 Å². The Kier molecular flexibility index (Phi) is 4.39. The summed E-state index contributed by atoms with van der Waals surface area (Å²) in [6.45, 7) is 0.639. The summed E-state index contributed by atoms with van der Waals surface area (Å²) in [5.41, 5.74) is 2.90. The van der Waals surface area contributed by atoms with E-state index in [9.17, 15) is 4.79 Å². The average molecular weight is 348 g/mol. The molecule has 0 bridgehead atoms. The zero-order valence-corrected chi connectivity index (χ0v) is 14.5. The maximum Gasteiger partial charge on any atom is 0.251 e. The first-order valence-corrected chi connectivity index (χ1v) is 8.59. The van der Waals surface area contributed by atoms with Gasteiger partial charge in [-0.3, -0.25) is 4.79 Å². The summed E-state index contributed by atoms with van der Waals surface area (Å²) in [5, 5.41) is 7.20. The summed E-state index contributed by atoms with van der Waals surface area (Å²) in [6.07, 6.45) is 4.12. The summed E-state index contributed by atoms with van der Waals surface area (Å²) in [5.74, 6) is 1.16. The normalized spacial score (nSPS) is 18.3. The molecule has 2 atom stereocenters. The molecule has 2 unspecified atom stereocenters. The van der Waals surface area contributed by atoms with E-state index in [4.69, 9.17) is 4.74 Å². The standard InChI is InChI=1S/C20H20N4O2/c1-26-19-5-3-2-4-16(19)17-10-18(17)23-20(25)15-8-6-14(7-9-15)11-24-13-21-12-22-24/h2-9,12-13,17-18H,10-11H2,1H3,(H,23,25). The second kappa shape index (κ2) is 7.00. The summed E-state index contributed by atoms with van der Waals surface area (Å²) in [4.78, 5) is 16.4. The van der Waals surface area contributed by atoms with Crippen LogP contribution in [-0.2, 0) is 6.54 Å². The minimum absolute atomic E-state index is 0.0419. The van der Waals surface area contributed by atoms with Crippen LogP contribution in [0.15, 0.2) is 61.2 Å². The quantitative estimate of drug-likeness (QED) is 0.743. The van der Waals surface area contributed by atoms with Crippen molar-refractivity contribution in [3.8, 4) is 5.75 Å². The molecule has 1 amide bonds. The second-order valence-corrected chi connectivity index (χ2v) is 6.45. The number of methoxy groups -OCH3 is 1. The number of nitrogens with zero attached hydrogens (tertiary/aromatic N) is 3. The number of ether oxygens (including phenoxy) is 1. The van der Waals surface area contributed by atoms with Gasteiger partial charge >= 0.3 is 0 Å². The van der Waals surface area contributed by atoms with E-state index in [-0.39, 0.29) is 11.9 Å². The van der Waals surface area contributed by atoms with Crippen molar-refractivity contribution < 1.29 is 9.53 Å². The Labute approximate surface area is 151 Å². The number of carbonyl (C=O) groups is 1. The van der Waals surface area contributed by atoms with Crippen molar-refractivity contribution in [3.05, 3.63) is 77.9 Å². The van der Waals surface area contributed by atoms with Crippen molar-refractivity contribution in [2.24, 2.45) is 0 Å². The van der Waals surface area contributed by atoms with Crippen LogP contribution in [0.2, 0.25) is 0 Å². The van der Waals surface area contributed by atoms with Gasteiger partial charge in [0, 0.05) is 17.5 Å². The minimum Gasteiger partial charge on any atom is -0.496 e. The molecule has 0 spiro atoms. The van der Waals surface area contributed by atoms with Crippen LogP contribution in [0, 0.1) is 0 Å². The number of para-hydroxylation sites is 1. The summed E-state index contributed by atoms with van der Waals surface area (Å²) in [6, 6.07) is 15.7. The minimum atomic E-state index is -0.0419. The fraction of sp³-hybridized carbons (Fsp3) is 0.250. The van der Waals surface area contributed by atoms with E-state index >= 15 is 0 Å². The molecule has 1 fully saturated rings. The number of amides is 1. The Morgan fingerprint density at radius 3 is 2.77 bits per heavy atom. The third kappa shape index (κ3) is 3.44. The molecule has 4 rings (SSSR count). The van der Waals surface area contributed by atoms with E-state index in [1.165, 1.54) is 6.33 Å². The summed E-state index contributed by atoms with van der Waals surface area (Å²) >= 11 is 0. The lowest BCUT2D eigenvalue weighted by Gasteiger charge is -2.09. The number of benzene rings is 2. The Balaban J connectivity index is 1.37. The van der Waals surface area contributed by atoms with E-state index in [1.807, 2.05) is 42.5 Å². The van der Waals surface area contributed by atoms with Crippen LogP contribution in [0.25, 0.3) is 0 Å². The fourth-order valence-corrected chi connectivity index (χ4v) is 3.19. The maximum atomic E-state index is 12.5. The van der Waals surface area contributed by atoms with Gasteiger partial charge in [-0.1, -0.05) is 30.3 Å². The lowest BCUT2D eigenvalue weighted by molar-refractivity contribution is 0.0950. The molecule has 1 heterocycles. The van der Waals surface area contributed by atoms with E-state index in [0.717, 1.165) is 23.3 Å². The van der Waals surface area contributed by atoms with Crippen molar-refractivity contribution in [3.63, 3.8) is 0 Å². The number of carbonyl (C=O) groups excluding carboxylic acids is 1. The van der Waals surface area contributed by atoms with Gasteiger partial charge in [0.1, 0.15) is 18.4 Å². The van der Waals surface area contributed by atoms with Crippen LogP contribution in [0.4, 0.5) is 0 Å². The van der Waals surface area contributed by atoms with Crippen molar-refractivity contribution in [2.75, 3.05) is 7.11 Å². The number of hydrogen-bond donors (Lipinski definition) is 1. The van der Waals surface area contributed by atoms with Gasteiger partial charge in [-0.15, -0.1) is 0 Å². The Morgan fingerprint density at radius 2 is 2.04 bits per heavy atom. The highest BCUT2D eigenvalue weighted by Crippen LogP contribution is 2.44. The average Bonchev–Trinajstić information content (AvgIpc) is 3.24. The SMILES string of the molecule is COc1ccccc1C1CC1NC(=O)c1ccc(Cn2cncn2)cc1. The van der Waals surface area contributed by atoms with Crippen LogP contribution >= 0.6 is 0 Å². The predicted octanol–water partition coefficient (Wildman–Crippen LogP) is 2.62. The lowest BCUT2D eigenvalue weighted by atomic mass is 10.1. The van der Waals surface area contributed by atoms with Gasteiger partial charge in [-0.05, 0) is 35.7 Å². The van der Waals surface area contributed by atoms with E-state index in [0.29, 0.717) is 18.0 Å². The van der Waals surface area contributed by atoms with Gasteiger partial charge in [0.05, 0.1) is 13.7 Å². The molecule has 1 N–H and O–H groups in total. The zero-order chi connectivity index (χ0) is 17.9. The third-order valence-electron chi connectivity index (χ3n) is 4.67. The number of nitrogens with one attached hydrogen (secondary N) is 1. The molecule has 1 aliphatic rings. The Bertz CT molecular complexity index is 890. The van der Waals surface area contributed by atoms with Gasteiger partial charge in [-0.25, -0.2) is 9.67 Å². The molecule has 2 aromatic carbocycles. The van der Waals surface area contributed by atoms with Crippen molar-refractivity contribution in [1.82, 2.24) is 20.1 Å². The molecule has 0 saturated heterocycles. The second-order valence-electron chi connectivity index (χ2n) is 6.45. The number of aromatic nitrogens is 3. The van der Waals surface area contributed by atoms with Gasteiger partial charge in [0.15, 0.2) is 0 Å². The maximum absolute atomic E-state index is 12.5. The highest BCUT2D eigenvalue weighted by Gasteiger charge is 2.41. The van der Waals surface area contributed by atoms with Crippen LogP contribution in [0.1, 0.15) is 33.8 Å². The van der Waals surface area contributed by atoms with Crippen LogP contribution in [0.3, 0.4) is 0 Å². The molecule has 26 heavy (non-hydrogen) atoms. The van der Waals surface area contributed by atoms with E-state index in [2.05, 4.69) is 21.5 Å². The first kappa shape index (κ1) is 16.3. The molecular weight excluding hydrogens is 328 g/mol. The molecule has 132 valence electrons. The Hall–Kier alpha value is -3.15. The van der Waals surface area contributed by atoms with E-state index in [1.54, 1.807) is 18.1 Å². The van der Waals surface area contributed by atoms with Gasteiger partial charge < -0.3 is 10.1 Å². The van der Waals surface area contributed by atoms with Crippen molar-refractivity contribution >= 4 is 5.91 Å². The zero-order valence-electron chi connectivity index (χ0n) is 14.5. The molecule has 1 aliphatic carbocycles. The molecule has 3 aromatic rings. The fourth-order valence-electron chi connectivity index (χ4n) is 3.19. The molecule has 1 saturated carbocycles. The first-order valence-electron chi connectivity index (χ1n) is 8.59. The third-order valence-corrected chi connectivity index (χ3v) is 4.67. The molecule has 6 nitrogen and oxygen atoms in total. The lowest BCUT2D eigenvalue weighted by Crippen LogP contribution is -2.26. The summed E-state index contributed by atoms with van der Waals surface area (Å²) in [7, 11) is 1.68. The molecule has 1 aromatic heterocycles. The topological polar surface area (TPSA) is 69.0 Å².